The van der Waals surface area contributed by atoms with Crippen LogP contribution in [0.4, 0.5) is 5.69 Å². The summed E-state index contributed by atoms with van der Waals surface area (Å²) in [6.45, 7) is 2.46. The van der Waals surface area contributed by atoms with E-state index in [0.717, 1.165) is 16.0 Å². The molecule has 0 aliphatic rings. The van der Waals surface area contributed by atoms with Gasteiger partial charge in [0.25, 0.3) is 0 Å². The van der Waals surface area contributed by atoms with Crippen LogP contribution in [0.2, 0.25) is 0 Å². The fraction of sp³-hybridized carbons (Fsp3) is 0.357. The maximum atomic E-state index is 11.9. The number of carboxylic acid groups (broad SMARTS) is 2. The van der Waals surface area contributed by atoms with Crippen LogP contribution in [0.5, 0.6) is 0 Å². The smallest absolute Gasteiger partial charge is 0.317 e. The molecule has 0 radical (unpaired) electrons. The van der Waals surface area contributed by atoms with E-state index in [1.165, 1.54) is 0 Å². The van der Waals surface area contributed by atoms with Gasteiger partial charge in [-0.25, -0.2) is 0 Å². The van der Waals surface area contributed by atoms with E-state index in [-0.39, 0.29) is 6.54 Å². The van der Waals surface area contributed by atoms with Crippen LogP contribution in [-0.2, 0) is 14.4 Å². The summed E-state index contributed by atoms with van der Waals surface area (Å²) in [7, 11) is 0. The molecule has 0 bridgehead atoms. The highest BCUT2D eigenvalue weighted by molar-refractivity contribution is 5.93. The number of aryl methyl sites for hydroxylation is 2. The van der Waals surface area contributed by atoms with Crippen LogP contribution in [0.1, 0.15) is 11.1 Å². The van der Waals surface area contributed by atoms with E-state index in [1.807, 2.05) is 26.0 Å². The number of hydrogen-bond donors (Lipinski definition) is 3. The van der Waals surface area contributed by atoms with Crippen LogP contribution in [0.25, 0.3) is 0 Å². The van der Waals surface area contributed by atoms with E-state index in [0.29, 0.717) is 5.69 Å². The molecule has 7 heteroatoms. The third kappa shape index (κ3) is 6.05. The van der Waals surface area contributed by atoms with E-state index < -0.39 is 30.9 Å². The molecule has 1 aromatic carbocycles. The van der Waals surface area contributed by atoms with Gasteiger partial charge < -0.3 is 15.5 Å². The average Bonchev–Trinajstić information content (AvgIpc) is 2.30. The third-order valence-electron chi connectivity index (χ3n) is 2.74. The number of benzene rings is 1. The number of aliphatic carboxylic acids is 2. The SMILES string of the molecule is Cc1ccc(NC(=O)CN(CC(=O)O)CC(=O)O)c(C)c1. The Kier molecular flexibility index (Phi) is 5.86. The van der Waals surface area contributed by atoms with Crippen LogP contribution >= 0.6 is 0 Å². The minimum absolute atomic E-state index is 0.300. The average molecular weight is 294 g/mol. The van der Waals surface area contributed by atoms with Gasteiger partial charge in [-0.15, -0.1) is 0 Å². The molecule has 3 N–H and O–H groups in total. The highest BCUT2D eigenvalue weighted by Gasteiger charge is 2.17. The molecule has 114 valence electrons. The second kappa shape index (κ2) is 7.39. The number of rotatable bonds is 7. The number of hydrogen-bond acceptors (Lipinski definition) is 4. The second-order valence-electron chi connectivity index (χ2n) is 4.80. The molecule has 21 heavy (non-hydrogen) atoms. The van der Waals surface area contributed by atoms with Gasteiger partial charge in [-0.2, -0.15) is 0 Å². The van der Waals surface area contributed by atoms with Gasteiger partial charge in [0.1, 0.15) is 0 Å². The van der Waals surface area contributed by atoms with Gasteiger partial charge in [0.15, 0.2) is 0 Å². The summed E-state index contributed by atoms with van der Waals surface area (Å²) in [5.41, 5.74) is 2.56. The van der Waals surface area contributed by atoms with Gasteiger partial charge in [0.05, 0.1) is 19.6 Å². The Morgan fingerprint density at radius 2 is 1.62 bits per heavy atom. The second-order valence-corrected chi connectivity index (χ2v) is 4.80. The Morgan fingerprint density at radius 3 is 2.10 bits per heavy atom. The molecule has 1 aromatic rings. The molecule has 0 heterocycles. The molecule has 0 saturated heterocycles. The number of amides is 1. The van der Waals surface area contributed by atoms with Gasteiger partial charge in [-0.1, -0.05) is 17.7 Å². The third-order valence-corrected chi connectivity index (χ3v) is 2.74. The maximum Gasteiger partial charge on any atom is 0.317 e. The van der Waals surface area contributed by atoms with Crippen molar-refractivity contribution in [3.63, 3.8) is 0 Å². The van der Waals surface area contributed by atoms with Crippen LogP contribution in [0, 0.1) is 13.8 Å². The molecule has 0 atom stereocenters. The lowest BCUT2D eigenvalue weighted by atomic mass is 10.1. The molecule has 7 nitrogen and oxygen atoms in total. The van der Waals surface area contributed by atoms with Crippen LogP contribution < -0.4 is 5.32 Å². The van der Waals surface area contributed by atoms with Crippen molar-refractivity contribution in [2.45, 2.75) is 13.8 Å². The summed E-state index contributed by atoms with van der Waals surface area (Å²) < 4.78 is 0. The van der Waals surface area contributed by atoms with Crippen molar-refractivity contribution in [2.75, 3.05) is 25.0 Å². The van der Waals surface area contributed by atoms with Gasteiger partial charge in [-0.3, -0.25) is 19.3 Å². The Balaban J connectivity index is 2.68. The molecule has 1 rings (SSSR count). The first kappa shape index (κ1) is 16.6. The molecule has 1 amide bonds. The van der Waals surface area contributed by atoms with E-state index in [9.17, 15) is 14.4 Å². The predicted molar refractivity (Wildman–Crippen MR) is 76.3 cm³/mol. The van der Waals surface area contributed by atoms with Gasteiger partial charge in [0, 0.05) is 5.69 Å². The Labute approximate surface area is 122 Å². The van der Waals surface area contributed by atoms with Crippen molar-refractivity contribution in [1.82, 2.24) is 4.90 Å². The zero-order chi connectivity index (χ0) is 16.0. The van der Waals surface area contributed by atoms with Crippen molar-refractivity contribution < 1.29 is 24.6 Å². The lowest BCUT2D eigenvalue weighted by molar-refractivity contribution is -0.142. The quantitative estimate of drug-likeness (QED) is 0.684. The first-order chi connectivity index (χ1) is 9.77. The van der Waals surface area contributed by atoms with Gasteiger partial charge in [0.2, 0.25) is 5.91 Å². The molecule has 0 aliphatic carbocycles. The lowest BCUT2D eigenvalue weighted by Crippen LogP contribution is -2.40. The fourth-order valence-electron chi connectivity index (χ4n) is 1.90. The first-order valence-electron chi connectivity index (χ1n) is 6.31. The highest BCUT2D eigenvalue weighted by atomic mass is 16.4. The molecule has 0 aromatic heterocycles. The molecule has 0 fully saturated rings. The molecule has 0 saturated carbocycles. The summed E-state index contributed by atoms with van der Waals surface area (Å²) in [4.78, 5) is 34.2. The molecule has 0 spiro atoms. The topological polar surface area (TPSA) is 107 Å². The number of carboxylic acids is 2. The van der Waals surface area contributed by atoms with Crippen molar-refractivity contribution in [3.8, 4) is 0 Å². The van der Waals surface area contributed by atoms with Crippen molar-refractivity contribution in [3.05, 3.63) is 29.3 Å². The molecule has 0 unspecified atom stereocenters. The minimum Gasteiger partial charge on any atom is -0.480 e. The Hall–Kier alpha value is -2.41. The maximum absolute atomic E-state index is 11.9. The standard InChI is InChI=1S/C14H18N2O5/c1-9-3-4-11(10(2)5-9)15-12(17)6-16(7-13(18)19)8-14(20)21/h3-5H,6-8H2,1-2H3,(H,15,17)(H,18,19)(H,20,21). The summed E-state index contributed by atoms with van der Waals surface area (Å²) in [5.74, 6) is -2.82. The number of nitrogens with zero attached hydrogens (tertiary/aromatic N) is 1. The molecular formula is C14H18N2O5. The summed E-state index contributed by atoms with van der Waals surface area (Å²) >= 11 is 0. The summed E-state index contributed by atoms with van der Waals surface area (Å²) in [6, 6.07) is 5.50. The van der Waals surface area contributed by atoms with Crippen molar-refractivity contribution >= 4 is 23.5 Å². The zero-order valence-corrected chi connectivity index (χ0v) is 11.9. The number of carbonyl (C=O) groups excluding carboxylic acids is 1. The van der Waals surface area contributed by atoms with E-state index in [1.54, 1.807) is 6.07 Å². The van der Waals surface area contributed by atoms with E-state index in [2.05, 4.69) is 5.32 Å². The molecule has 0 aliphatic heterocycles. The van der Waals surface area contributed by atoms with E-state index in [4.69, 9.17) is 10.2 Å². The monoisotopic (exact) mass is 294 g/mol. The van der Waals surface area contributed by atoms with E-state index >= 15 is 0 Å². The first-order valence-corrected chi connectivity index (χ1v) is 6.31. The fourth-order valence-corrected chi connectivity index (χ4v) is 1.90. The summed E-state index contributed by atoms with van der Waals surface area (Å²) in [5, 5.41) is 20.1. The number of nitrogens with one attached hydrogen (secondary N) is 1. The molecular weight excluding hydrogens is 276 g/mol. The number of anilines is 1. The van der Waals surface area contributed by atoms with Crippen LogP contribution in [-0.4, -0.2) is 52.6 Å². The van der Waals surface area contributed by atoms with Gasteiger partial charge in [-0.05, 0) is 25.5 Å². The minimum atomic E-state index is -1.18. The highest BCUT2D eigenvalue weighted by Crippen LogP contribution is 2.15. The van der Waals surface area contributed by atoms with Crippen molar-refractivity contribution in [1.29, 1.82) is 0 Å². The van der Waals surface area contributed by atoms with Crippen molar-refractivity contribution in [2.24, 2.45) is 0 Å². The largest absolute Gasteiger partial charge is 0.480 e. The lowest BCUT2D eigenvalue weighted by Gasteiger charge is -2.18. The Morgan fingerprint density at radius 1 is 1.05 bits per heavy atom. The normalized spacial score (nSPS) is 10.4. The van der Waals surface area contributed by atoms with Crippen LogP contribution in [0.15, 0.2) is 18.2 Å². The number of carbonyl (C=O) groups is 3. The van der Waals surface area contributed by atoms with Crippen LogP contribution in [0.3, 0.4) is 0 Å². The summed E-state index contributed by atoms with van der Waals surface area (Å²) in [6.07, 6.45) is 0. The van der Waals surface area contributed by atoms with Gasteiger partial charge >= 0.3 is 11.9 Å². The predicted octanol–water partition coefficient (Wildman–Crippen LogP) is 0.713. The Bertz CT molecular complexity index is 540. The zero-order valence-electron chi connectivity index (χ0n) is 11.9.